The maximum Gasteiger partial charge on any atom is 0.316 e. The van der Waals surface area contributed by atoms with Crippen molar-refractivity contribution in [3.63, 3.8) is 0 Å². The van der Waals surface area contributed by atoms with E-state index in [0.717, 1.165) is 65.0 Å². The Hall–Kier alpha value is -5.40. The minimum atomic E-state index is -0.862. The number of nitrogens with zero attached hydrogens (tertiary/aromatic N) is 1. The predicted molar refractivity (Wildman–Crippen MR) is 339 cm³/mol. The van der Waals surface area contributed by atoms with Gasteiger partial charge in [-0.25, -0.2) is 0 Å². The van der Waals surface area contributed by atoms with Crippen molar-refractivity contribution in [2.45, 2.75) is 224 Å². The largest absolute Gasteiger partial charge is 0.481 e. The number of aliphatic carboxylic acids is 1. The zero-order chi connectivity index (χ0) is 63.5. The molecule has 2 amide bonds. The molecule has 0 aromatic heterocycles. The minimum Gasteiger partial charge on any atom is -0.481 e. The molecule has 0 atom stereocenters. The Bertz CT molecular complexity index is 3450. The van der Waals surface area contributed by atoms with Gasteiger partial charge in [-0.3, -0.25) is 24.1 Å². The Labute approximate surface area is 550 Å². The van der Waals surface area contributed by atoms with Gasteiger partial charge in [-0.15, -0.1) is 0 Å². The standard InChI is InChI=1S/C31H33NO5.C24H30O5.C23H28O5/c33-27-25-8-4-5-9-26(25)28(34)32(27)19-29(22-6-2-1-3-7-22)10-12-30(13-11-29)35-31(37-36-30)23-15-20-14-21(17-23)18-24(31)16-20;1-26-21(25)22(18-5-3-2-4-6-18)7-9-23(10-8-22)27-24(29-28-23)19-12-16-11-17(14-19)15-20(24)13-16;24-20(25)21(17-4-2-1-3-5-17)6-8-22(9-7-21)26-23(28-27-22)18-11-15-10-16(13-18)14-19(23)12-15/h1-9,20-21,23-24H,10-19H2;2-6,16-17,19-20H,7-15H2,1H3;1-5,15-16,18-19H,6-14H2,(H,24,25). The third-order valence-corrected chi connectivity index (χ3v) is 27.9. The third kappa shape index (κ3) is 9.42. The van der Waals surface area contributed by atoms with Gasteiger partial charge in [-0.2, -0.15) is 29.3 Å². The van der Waals surface area contributed by atoms with Crippen molar-refractivity contribution in [3.05, 3.63) is 143 Å². The van der Waals surface area contributed by atoms with Crippen LogP contribution in [0.4, 0.5) is 0 Å². The summed E-state index contributed by atoms with van der Waals surface area (Å²) in [5.41, 5.74) is 2.21. The smallest absolute Gasteiger partial charge is 0.316 e. The summed E-state index contributed by atoms with van der Waals surface area (Å²) in [7, 11) is 1.48. The molecular weight excluding hydrogens is 1190 g/mol. The van der Waals surface area contributed by atoms with Crippen LogP contribution >= 0.6 is 0 Å². The quantitative estimate of drug-likeness (QED) is 0.105. The Morgan fingerprint density at radius 1 is 0.394 bits per heavy atom. The van der Waals surface area contributed by atoms with Crippen molar-refractivity contribution in [1.29, 1.82) is 0 Å². The predicted octanol–water partition coefficient (Wildman–Crippen LogP) is 14.5. The molecule has 12 bridgehead atoms. The van der Waals surface area contributed by atoms with E-state index in [1.54, 1.807) is 12.1 Å². The number of carboxylic acids is 1. The van der Waals surface area contributed by atoms with Crippen LogP contribution in [0.15, 0.2) is 115 Å². The number of hydrogen-bond acceptors (Lipinski definition) is 14. The van der Waals surface area contributed by atoms with Crippen LogP contribution < -0.4 is 0 Å². The number of hydrogen-bond donors (Lipinski definition) is 1. The van der Waals surface area contributed by atoms with E-state index in [1.807, 2.05) is 91.0 Å². The van der Waals surface area contributed by atoms with E-state index in [9.17, 15) is 24.3 Å². The van der Waals surface area contributed by atoms with Crippen molar-refractivity contribution < 1.29 is 72.6 Å². The summed E-state index contributed by atoms with van der Waals surface area (Å²) >= 11 is 0. The van der Waals surface area contributed by atoms with E-state index in [4.69, 9.17) is 48.3 Å². The van der Waals surface area contributed by atoms with Gasteiger partial charge in [-0.05, 0) is 199 Å². The summed E-state index contributed by atoms with van der Waals surface area (Å²) in [5.74, 6) is 2.42. The van der Waals surface area contributed by atoms with Crippen LogP contribution in [-0.4, -0.2) is 82.1 Å². The van der Waals surface area contributed by atoms with E-state index in [-0.39, 0.29) is 23.2 Å². The van der Waals surface area contributed by atoms with Crippen LogP contribution in [0, 0.1) is 71.0 Å². The van der Waals surface area contributed by atoms with E-state index < -0.39 is 51.5 Å². The lowest BCUT2D eigenvalue weighted by molar-refractivity contribution is -0.390. The SMILES string of the molecule is COC(=O)C1(c2ccccc2)CCC2(CC1)OOC1(O2)C2CC3CC(C2)CC1C3.O=C(O)C1(c2ccccc2)CCC2(CC1)OOC1(O2)C2CC3CC(C2)CC1C3.O=C1c2ccccc2C(=O)N1CC1(c2ccccc2)CCC2(CC1)OOC1(O2)C2CC3CC(C2)CC1C3. The molecule has 1 N–H and O–H groups in total. The van der Waals surface area contributed by atoms with Crippen LogP contribution in [-0.2, 0) is 74.1 Å². The molecule has 19 aliphatic rings. The van der Waals surface area contributed by atoms with Crippen LogP contribution in [0.25, 0.3) is 0 Å². The highest BCUT2D eigenvalue weighted by atomic mass is 17.3. The number of carboxylic acid groups (broad SMARTS) is 1. The number of esters is 1. The molecule has 16 heteroatoms. The van der Waals surface area contributed by atoms with Crippen molar-refractivity contribution in [1.82, 2.24) is 4.90 Å². The van der Waals surface area contributed by atoms with Gasteiger partial charge in [0.25, 0.3) is 11.8 Å². The molecule has 4 aromatic carbocycles. The lowest BCUT2D eigenvalue weighted by atomic mass is 9.53. The Morgan fingerprint density at radius 2 is 0.691 bits per heavy atom. The van der Waals surface area contributed by atoms with E-state index >= 15 is 0 Å². The van der Waals surface area contributed by atoms with E-state index in [1.165, 1.54) is 108 Å². The average Bonchev–Trinajstić information content (AvgIpc) is 1.42. The molecule has 6 spiro atoms. The Balaban J connectivity index is 0.000000105. The molecule has 94 heavy (non-hydrogen) atoms. The fraction of sp³-hybridized carbons (Fsp3) is 0.641. The number of carbonyl (C=O) groups is 4. The summed E-state index contributed by atoms with van der Waals surface area (Å²) in [6.07, 6.45) is 26.1. The van der Waals surface area contributed by atoms with Gasteiger partial charge in [0, 0.05) is 86.0 Å². The van der Waals surface area contributed by atoms with Crippen LogP contribution in [0.1, 0.15) is 211 Å². The highest BCUT2D eigenvalue weighted by Gasteiger charge is 2.71. The molecular formula is C78H91NO15. The summed E-state index contributed by atoms with van der Waals surface area (Å²) in [5, 5.41) is 10.1. The van der Waals surface area contributed by atoms with Gasteiger partial charge in [0.15, 0.2) is 0 Å². The number of carbonyl (C=O) groups excluding carboxylic acids is 3. The van der Waals surface area contributed by atoms with Gasteiger partial charge < -0.3 is 24.1 Å². The van der Waals surface area contributed by atoms with Crippen LogP contribution in [0.2, 0.25) is 0 Å². The second kappa shape index (κ2) is 22.3. The Kier molecular flexibility index (Phi) is 14.5. The van der Waals surface area contributed by atoms with E-state index in [0.29, 0.717) is 117 Å². The van der Waals surface area contributed by atoms with Crippen LogP contribution in [0.3, 0.4) is 0 Å². The summed E-state index contributed by atoms with van der Waals surface area (Å²) in [4.78, 5) is 89.8. The molecule has 4 aromatic rings. The molecule has 4 heterocycles. The first-order chi connectivity index (χ1) is 45.6. The molecule has 15 aliphatic carbocycles. The van der Waals surface area contributed by atoms with Crippen molar-refractivity contribution >= 4 is 23.8 Å². The number of methoxy groups -OCH3 is 1. The number of rotatable bonds is 7. The fourth-order valence-electron chi connectivity index (χ4n) is 23.6. The number of benzene rings is 4. The van der Waals surface area contributed by atoms with Gasteiger partial charge in [-0.1, -0.05) is 103 Å². The lowest BCUT2D eigenvalue weighted by Gasteiger charge is -2.57. The number of ether oxygens (including phenoxy) is 4. The first-order valence-corrected chi connectivity index (χ1v) is 36.3. The lowest BCUT2D eigenvalue weighted by Crippen LogP contribution is -2.59. The van der Waals surface area contributed by atoms with Crippen LogP contribution in [0.5, 0.6) is 0 Å². The van der Waals surface area contributed by atoms with Crippen molar-refractivity contribution in [2.75, 3.05) is 13.7 Å². The summed E-state index contributed by atoms with van der Waals surface area (Å²) in [6.45, 7) is 0.361. The molecule has 18 fully saturated rings. The molecule has 15 saturated carbocycles. The van der Waals surface area contributed by atoms with E-state index in [2.05, 4.69) is 12.1 Å². The van der Waals surface area contributed by atoms with Crippen molar-refractivity contribution in [3.8, 4) is 0 Å². The first kappa shape index (κ1) is 61.0. The zero-order valence-electron chi connectivity index (χ0n) is 54.3. The average molecular weight is 1280 g/mol. The Morgan fingerprint density at radius 3 is 1.02 bits per heavy atom. The molecule has 16 nitrogen and oxygen atoms in total. The highest BCUT2D eigenvalue weighted by Crippen LogP contribution is 2.68. The molecule has 0 radical (unpaired) electrons. The number of amides is 2. The number of imide groups is 1. The maximum atomic E-state index is 13.3. The monoisotopic (exact) mass is 1280 g/mol. The fourth-order valence-corrected chi connectivity index (χ4v) is 23.6. The van der Waals surface area contributed by atoms with Gasteiger partial charge in [0.05, 0.1) is 29.1 Å². The van der Waals surface area contributed by atoms with Crippen molar-refractivity contribution in [2.24, 2.45) is 71.0 Å². The first-order valence-electron chi connectivity index (χ1n) is 36.3. The van der Waals surface area contributed by atoms with Gasteiger partial charge in [0.1, 0.15) is 0 Å². The second-order valence-corrected chi connectivity index (χ2v) is 32.7. The third-order valence-electron chi connectivity index (χ3n) is 27.9. The highest BCUT2D eigenvalue weighted by molar-refractivity contribution is 6.21. The maximum absolute atomic E-state index is 13.3. The second-order valence-electron chi connectivity index (χ2n) is 32.7. The normalized spacial score (nSPS) is 45.8. The molecule has 4 aliphatic heterocycles. The molecule has 3 saturated heterocycles. The summed E-state index contributed by atoms with van der Waals surface area (Å²) < 4.78 is 25.7. The zero-order valence-corrected chi connectivity index (χ0v) is 54.3. The van der Waals surface area contributed by atoms with Gasteiger partial charge in [0.2, 0.25) is 34.7 Å². The molecule has 23 rings (SSSR count). The summed E-state index contributed by atoms with van der Waals surface area (Å²) in [6, 6.07) is 37.1. The molecule has 0 unspecified atom stereocenters. The minimum absolute atomic E-state index is 0.165. The van der Waals surface area contributed by atoms with Gasteiger partial charge >= 0.3 is 11.9 Å². The molecule has 498 valence electrons. The topological polar surface area (TPSA) is 184 Å². The number of fused-ring (bicyclic) bond motifs is 1.